The van der Waals surface area contributed by atoms with Crippen molar-refractivity contribution in [2.75, 3.05) is 12.4 Å². The van der Waals surface area contributed by atoms with Crippen LogP contribution >= 0.6 is 11.6 Å². The van der Waals surface area contributed by atoms with Gasteiger partial charge in [0.1, 0.15) is 11.5 Å². The van der Waals surface area contributed by atoms with Gasteiger partial charge in [0.05, 0.1) is 11.7 Å². The summed E-state index contributed by atoms with van der Waals surface area (Å²) in [6.45, 7) is 1.86. The average Bonchev–Trinajstić information content (AvgIpc) is 3.30. The number of aromatic amines is 1. The maximum absolute atomic E-state index is 14.3. The van der Waals surface area contributed by atoms with Crippen LogP contribution in [0.5, 0.6) is 0 Å². The van der Waals surface area contributed by atoms with E-state index >= 15 is 0 Å². The number of anilines is 1. The lowest BCUT2D eigenvalue weighted by atomic mass is 9.91. The number of hydrogen-bond donors (Lipinski definition) is 3. The SMILES string of the molecule is CN[C@@H]1CCC[C@H](Nc2nc(-c3c[nH]c4c(F)cc(Cl)cc34)ncc2F)C1.Cc1cccnc1C=O. The molecule has 0 saturated heterocycles. The lowest BCUT2D eigenvalue weighted by molar-refractivity contribution is 0.111. The summed E-state index contributed by atoms with van der Waals surface area (Å²) in [6.07, 6.45) is 9.18. The van der Waals surface area contributed by atoms with Crippen molar-refractivity contribution in [2.24, 2.45) is 0 Å². The quantitative estimate of drug-likeness (QED) is 0.297. The molecule has 5 rings (SSSR count). The summed E-state index contributed by atoms with van der Waals surface area (Å²) in [4.78, 5) is 25.3. The van der Waals surface area contributed by atoms with E-state index in [9.17, 15) is 13.6 Å². The molecule has 10 heteroatoms. The first-order valence-electron chi connectivity index (χ1n) is 11.7. The van der Waals surface area contributed by atoms with Crippen LogP contribution in [-0.2, 0) is 0 Å². The third-order valence-corrected chi connectivity index (χ3v) is 6.49. The van der Waals surface area contributed by atoms with Crippen molar-refractivity contribution in [3.63, 3.8) is 0 Å². The van der Waals surface area contributed by atoms with Crippen LogP contribution in [0.2, 0.25) is 5.02 Å². The Morgan fingerprint density at radius 1 is 1.17 bits per heavy atom. The van der Waals surface area contributed by atoms with Crippen molar-refractivity contribution in [1.29, 1.82) is 0 Å². The number of halogens is 3. The lowest BCUT2D eigenvalue weighted by Crippen LogP contribution is -2.37. The zero-order chi connectivity index (χ0) is 25.7. The average molecular weight is 513 g/mol. The Kier molecular flexibility index (Phi) is 8.22. The van der Waals surface area contributed by atoms with Crippen molar-refractivity contribution in [1.82, 2.24) is 25.3 Å². The van der Waals surface area contributed by atoms with Gasteiger partial charge in [-0.15, -0.1) is 0 Å². The number of carbonyl (C=O) groups excluding carboxylic acids is 1. The largest absolute Gasteiger partial charge is 0.365 e. The predicted molar refractivity (Wildman–Crippen MR) is 137 cm³/mol. The van der Waals surface area contributed by atoms with E-state index in [0.717, 1.165) is 43.7 Å². The zero-order valence-electron chi connectivity index (χ0n) is 20.0. The van der Waals surface area contributed by atoms with Gasteiger partial charge >= 0.3 is 0 Å². The summed E-state index contributed by atoms with van der Waals surface area (Å²) >= 11 is 5.98. The number of aldehydes is 1. The number of aromatic nitrogens is 4. The molecular weight excluding hydrogens is 486 g/mol. The molecule has 0 spiro atoms. The fraction of sp³-hybridized carbons (Fsp3) is 0.308. The van der Waals surface area contributed by atoms with E-state index < -0.39 is 11.6 Å². The van der Waals surface area contributed by atoms with E-state index in [2.05, 4.69) is 30.6 Å². The maximum atomic E-state index is 14.3. The summed E-state index contributed by atoms with van der Waals surface area (Å²) in [5.41, 5.74) is 2.34. The Morgan fingerprint density at radius 2 is 1.97 bits per heavy atom. The Bertz CT molecular complexity index is 1360. The third kappa shape index (κ3) is 5.85. The predicted octanol–water partition coefficient (Wildman–Crippen LogP) is 5.70. The van der Waals surface area contributed by atoms with Crippen molar-refractivity contribution < 1.29 is 13.6 Å². The summed E-state index contributed by atoms with van der Waals surface area (Å²) < 4.78 is 28.4. The molecule has 3 N–H and O–H groups in total. The molecule has 2 atom stereocenters. The summed E-state index contributed by atoms with van der Waals surface area (Å²) in [5, 5.41) is 7.33. The highest BCUT2D eigenvalue weighted by Crippen LogP contribution is 2.31. The van der Waals surface area contributed by atoms with Crippen LogP contribution in [0, 0.1) is 18.6 Å². The molecule has 1 aliphatic carbocycles. The number of nitrogens with zero attached hydrogens (tertiary/aromatic N) is 3. The number of H-pyrrole nitrogens is 1. The van der Waals surface area contributed by atoms with E-state index in [1.54, 1.807) is 18.5 Å². The van der Waals surface area contributed by atoms with Gasteiger partial charge in [0.15, 0.2) is 23.7 Å². The molecule has 0 radical (unpaired) electrons. The van der Waals surface area contributed by atoms with Gasteiger partial charge in [0.2, 0.25) is 0 Å². The summed E-state index contributed by atoms with van der Waals surface area (Å²) in [5.74, 6) is -0.481. The first-order valence-corrected chi connectivity index (χ1v) is 12.1. The van der Waals surface area contributed by atoms with E-state index in [0.29, 0.717) is 34.0 Å². The first-order chi connectivity index (χ1) is 17.4. The molecule has 1 aromatic carbocycles. The van der Waals surface area contributed by atoms with Crippen LogP contribution in [0.1, 0.15) is 41.7 Å². The van der Waals surface area contributed by atoms with Crippen LogP contribution in [0.3, 0.4) is 0 Å². The highest BCUT2D eigenvalue weighted by Gasteiger charge is 2.23. The second kappa shape index (κ2) is 11.5. The first kappa shape index (κ1) is 25.7. The van der Waals surface area contributed by atoms with Crippen molar-refractivity contribution in [2.45, 2.75) is 44.7 Å². The van der Waals surface area contributed by atoms with Gasteiger partial charge in [-0.2, -0.15) is 0 Å². The topological polar surface area (TPSA) is 95.6 Å². The number of fused-ring (bicyclic) bond motifs is 1. The molecule has 1 aliphatic rings. The van der Waals surface area contributed by atoms with Gasteiger partial charge in [-0.05, 0) is 63.4 Å². The Hall–Kier alpha value is -3.43. The number of rotatable bonds is 5. The van der Waals surface area contributed by atoms with Crippen molar-refractivity contribution in [3.8, 4) is 11.4 Å². The fourth-order valence-electron chi connectivity index (χ4n) is 4.34. The Labute approximate surface area is 212 Å². The highest BCUT2D eigenvalue weighted by molar-refractivity contribution is 6.31. The Balaban J connectivity index is 0.000000286. The van der Waals surface area contributed by atoms with E-state index in [-0.39, 0.29) is 16.9 Å². The second-order valence-corrected chi connectivity index (χ2v) is 9.16. The summed E-state index contributed by atoms with van der Waals surface area (Å²) in [6, 6.07) is 7.11. The summed E-state index contributed by atoms with van der Waals surface area (Å²) in [7, 11) is 1.94. The van der Waals surface area contributed by atoms with Crippen LogP contribution < -0.4 is 10.6 Å². The lowest BCUT2D eigenvalue weighted by Gasteiger charge is -2.29. The molecule has 4 aromatic rings. The molecular formula is C26H27ClF2N6O. The highest BCUT2D eigenvalue weighted by atomic mass is 35.5. The third-order valence-electron chi connectivity index (χ3n) is 6.28. The minimum absolute atomic E-state index is 0.142. The molecule has 3 aromatic heterocycles. The van der Waals surface area contributed by atoms with Gasteiger partial charge in [0.25, 0.3) is 0 Å². The number of carbonyl (C=O) groups is 1. The number of aryl methyl sites for hydroxylation is 1. The van der Waals surface area contributed by atoms with Crippen LogP contribution in [-0.4, -0.2) is 45.4 Å². The monoisotopic (exact) mass is 512 g/mol. The zero-order valence-corrected chi connectivity index (χ0v) is 20.7. The van der Waals surface area contributed by atoms with E-state index in [4.69, 9.17) is 11.6 Å². The molecule has 188 valence electrons. The molecule has 0 unspecified atom stereocenters. The number of nitrogens with one attached hydrogen (secondary N) is 3. The normalized spacial score (nSPS) is 17.4. The van der Waals surface area contributed by atoms with Gasteiger partial charge < -0.3 is 15.6 Å². The molecule has 0 bridgehead atoms. The minimum atomic E-state index is -0.505. The molecule has 36 heavy (non-hydrogen) atoms. The van der Waals surface area contributed by atoms with E-state index in [1.165, 1.54) is 6.07 Å². The minimum Gasteiger partial charge on any atom is -0.365 e. The maximum Gasteiger partial charge on any atom is 0.183 e. The van der Waals surface area contributed by atoms with Gasteiger partial charge in [-0.25, -0.2) is 18.7 Å². The van der Waals surface area contributed by atoms with E-state index in [1.807, 2.05) is 26.1 Å². The molecule has 1 saturated carbocycles. The number of pyridine rings is 1. The molecule has 0 aliphatic heterocycles. The van der Waals surface area contributed by atoms with Gasteiger partial charge in [-0.1, -0.05) is 17.7 Å². The molecule has 3 heterocycles. The smallest absolute Gasteiger partial charge is 0.183 e. The fourth-order valence-corrected chi connectivity index (χ4v) is 4.54. The van der Waals surface area contributed by atoms with Crippen LogP contribution in [0.15, 0.2) is 42.9 Å². The second-order valence-electron chi connectivity index (χ2n) is 8.72. The Morgan fingerprint density at radius 3 is 2.69 bits per heavy atom. The number of benzene rings is 1. The molecule has 0 amide bonds. The van der Waals surface area contributed by atoms with Gasteiger partial charge in [-0.3, -0.25) is 9.78 Å². The van der Waals surface area contributed by atoms with Crippen LogP contribution in [0.25, 0.3) is 22.3 Å². The van der Waals surface area contributed by atoms with Crippen molar-refractivity contribution >= 4 is 34.6 Å². The number of hydrogen-bond acceptors (Lipinski definition) is 6. The molecule has 1 fully saturated rings. The molecule has 7 nitrogen and oxygen atoms in total. The standard InChI is InChI=1S/C19H20ClF2N5.C7H7NO/c1-23-11-3-2-4-12(7-11)26-19-16(22)9-25-18(27-19)14-8-24-17-13(14)5-10(20)6-15(17)21;1-6-3-2-4-8-7(6)5-9/h5-6,8-9,11-12,23-24H,2-4,7H2,1H3,(H,25,26,27);2-5H,1H3/t11-,12+;/m1./s1. The van der Waals surface area contributed by atoms with Crippen molar-refractivity contribution in [3.05, 3.63) is 70.8 Å². The van der Waals surface area contributed by atoms with Gasteiger partial charge in [0, 0.05) is 40.4 Å². The van der Waals surface area contributed by atoms with Crippen LogP contribution in [0.4, 0.5) is 14.6 Å².